The highest BCUT2D eigenvalue weighted by Crippen LogP contribution is 2.32. The number of ketones is 1. The summed E-state index contributed by atoms with van der Waals surface area (Å²) >= 11 is 0. The van der Waals surface area contributed by atoms with E-state index in [0.29, 0.717) is 6.42 Å². The SMILES string of the molecule is CC(C)C[C@H](CC(=O)[C@H](Cc1ccccc1)NC(=O)c1cnccn1)B1OC(=O)[C@H](CC(=O)OC(C)C)O1. The third-order valence-corrected chi connectivity index (χ3v) is 5.91. The van der Waals surface area contributed by atoms with Gasteiger partial charge in [0.05, 0.1) is 24.8 Å². The Morgan fingerprint density at radius 2 is 1.84 bits per heavy atom. The van der Waals surface area contributed by atoms with Crippen LogP contribution in [0.4, 0.5) is 0 Å². The van der Waals surface area contributed by atoms with Crippen molar-refractivity contribution in [1.29, 1.82) is 0 Å². The second-order valence-corrected chi connectivity index (χ2v) is 10.0. The average molecular weight is 523 g/mol. The lowest BCUT2D eigenvalue weighted by atomic mass is 9.65. The van der Waals surface area contributed by atoms with Crippen LogP contribution in [-0.2, 0) is 34.9 Å². The lowest BCUT2D eigenvalue weighted by Crippen LogP contribution is -2.44. The van der Waals surface area contributed by atoms with Crippen LogP contribution in [0.5, 0.6) is 0 Å². The van der Waals surface area contributed by atoms with Crippen LogP contribution >= 0.6 is 0 Å². The molecule has 1 aromatic carbocycles. The topological polar surface area (TPSA) is 134 Å². The van der Waals surface area contributed by atoms with Gasteiger partial charge in [0.1, 0.15) is 5.69 Å². The van der Waals surface area contributed by atoms with Crippen LogP contribution in [0.2, 0.25) is 5.82 Å². The van der Waals surface area contributed by atoms with E-state index in [0.717, 1.165) is 5.56 Å². The van der Waals surface area contributed by atoms with Gasteiger partial charge in [0.15, 0.2) is 11.9 Å². The van der Waals surface area contributed by atoms with E-state index in [4.69, 9.17) is 14.0 Å². The molecule has 1 amide bonds. The van der Waals surface area contributed by atoms with Crippen LogP contribution in [0.3, 0.4) is 0 Å². The number of ether oxygens (including phenoxy) is 1. The Kier molecular flexibility index (Phi) is 10.5. The molecule has 2 aromatic rings. The molecule has 1 N–H and O–H groups in total. The van der Waals surface area contributed by atoms with Crippen LogP contribution in [0.1, 0.15) is 63.0 Å². The fraction of sp³-hybridized carbons (Fsp3) is 0.481. The second kappa shape index (κ2) is 13.8. The minimum Gasteiger partial charge on any atom is -0.507 e. The van der Waals surface area contributed by atoms with Gasteiger partial charge >= 0.3 is 19.1 Å². The summed E-state index contributed by atoms with van der Waals surface area (Å²) in [4.78, 5) is 58.9. The minimum absolute atomic E-state index is 0.00244. The lowest BCUT2D eigenvalue weighted by Gasteiger charge is -2.23. The number of esters is 1. The molecule has 0 unspecified atom stereocenters. The van der Waals surface area contributed by atoms with Gasteiger partial charge in [-0.1, -0.05) is 44.2 Å². The summed E-state index contributed by atoms with van der Waals surface area (Å²) in [6.45, 7) is 7.41. The first-order chi connectivity index (χ1) is 18.1. The Bertz CT molecular complexity index is 1100. The molecule has 0 spiro atoms. The molecule has 0 saturated carbocycles. The van der Waals surface area contributed by atoms with Crippen molar-refractivity contribution in [3.8, 4) is 0 Å². The molecule has 11 heteroatoms. The third-order valence-electron chi connectivity index (χ3n) is 5.91. The molecule has 1 saturated heterocycles. The van der Waals surface area contributed by atoms with E-state index < -0.39 is 42.9 Å². The van der Waals surface area contributed by atoms with E-state index in [1.54, 1.807) is 13.8 Å². The van der Waals surface area contributed by atoms with Gasteiger partial charge in [-0.3, -0.25) is 24.2 Å². The zero-order chi connectivity index (χ0) is 27.7. The first-order valence-electron chi connectivity index (χ1n) is 12.8. The Morgan fingerprint density at radius 1 is 1.11 bits per heavy atom. The number of hydrogen-bond donors (Lipinski definition) is 1. The highest BCUT2D eigenvalue weighted by Gasteiger charge is 2.47. The van der Waals surface area contributed by atoms with E-state index in [2.05, 4.69) is 15.3 Å². The van der Waals surface area contributed by atoms with Gasteiger partial charge in [-0.25, -0.2) is 4.98 Å². The molecule has 1 fully saturated rings. The van der Waals surface area contributed by atoms with Gasteiger partial charge in [-0.2, -0.15) is 0 Å². The van der Waals surface area contributed by atoms with Crippen molar-refractivity contribution in [2.45, 2.75) is 77.4 Å². The molecule has 1 aliphatic rings. The number of carbonyl (C=O) groups excluding carboxylic acids is 4. The number of aromatic nitrogens is 2. The maximum Gasteiger partial charge on any atom is 0.531 e. The van der Waals surface area contributed by atoms with Crippen molar-refractivity contribution in [3.05, 3.63) is 60.2 Å². The molecule has 10 nitrogen and oxygen atoms in total. The molecule has 3 rings (SSSR count). The van der Waals surface area contributed by atoms with Crippen molar-refractivity contribution < 1.29 is 33.2 Å². The summed E-state index contributed by atoms with van der Waals surface area (Å²) in [6.07, 6.45) is 3.32. The standard InChI is InChI=1S/C27H34BN3O7/c1-17(2)12-20(28-37-24(27(35)38-28)15-25(33)36-18(3)4)14-23(32)21(13-19-8-6-5-7-9-19)31-26(34)22-16-29-10-11-30-22/h5-11,16-18,20-21,24H,12-15H2,1-4H3,(H,31,34)/t20-,21+,24+/m1/s1. The Labute approximate surface area is 223 Å². The van der Waals surface area contributed by atoms with Gasteiger partial charge in [0, 0.05) is 24.6 Å². The number of Topliss-reactive ketones (excluding diaryl/α,β-unsaturated/α-hetero) is 1. The number of rotatable bonds is 13. The molecular formula is C27H34BN3O7. The average Bonchev–Trinajstić information content (AvgIpc) is 3.23. The van der Waals surface area contributed by atoms with Gasteiger partial charge < -0.3 is 19.4 Å². The monoisotopic (exact) mass is 523 g/mol. The van der Waals surface area contributed by atoms with Gasteiger partial charge in [-0.15, -0.1) is 0 Å². The quantitative estimate of drug-likeness (QED) is 0.311. The fourth-order valence-corrected chi connectivity index (χ4v) is 4.28. The van der Waals surface area contributed by atoms with Gasteiger partial charge in [-0.05, 0) is 38.2 Å². The van der Waals surface area contributed by atoms with E-state index >= 15 is 0 Å². The van der Waals surface area contributed by atoms with Crippen molar-refractivity contribution in [2.75, 3.05) is 0 Å². The number of hydrogen-bond acceptors (Lipinski definition) is 9. The van der Waals surface area contributed by atoms with Gasteiger partial charge in [0.25, 0.3) is 5.91 Å². The summed E-state index contributed by atoms with van der Waals surface area (Å²) in [5.74, 6) is -2.27. The summed E-state index contributed by atoms with van der Waals surface area (Å²) in [5.41, 5.74) is 0.972. The van der Waals surface area contributed by atoms with Crippen molar-refractivity contribution >= 4 is 30.7 Å². The number of nitrogens with zero attached hydrogens (tertiary/aromatic N) is 2. The molecule has 0 aliphatic carbocycles. The van der Waals surface area contributed by atoms with Crippen LogP contribution in [-0.4, -0.2) is 59.0 Å². The summed E-state index contributed by atoms with van der Waals surface area (Å²) < 4.78 is 16.4. The maximum atomic E-state index is 13.6. The molecule has 0 radical (unpaired) electrons. The molecule has 2 heterocycles. The number of benzene rings is 1. The van der Waals surface area contributed by atoms with Crippen LogP contribution < -0.4 is 5.32 Å². The molecule has 38 heavy (non-hydrogen) atoms. The predicted molar refractivity (Wildman–Crippen MR) is 139 cm³/mol. The van der Waals surface area contributed by atoms with Crippen LogP contribution in [0.25, 0.3) is 0 Å². The van der Waals surface area contributed by atoms with Crippen molar-refractivity contribution in [3.63, 3.8) is 0 Å². The Balaban J connectivity index is 1.74. The summed E-state index contributed by atoms with van der Waals surface area (Å²) in [5, 5.41) is 2.79. The molecule has 3 atom stereocenters. The summed E-state index contributed by atoms with van der Waals surface area (Å²) in [7, 11) is -0.987. The molecule has 0 bridgehead atoms. The first-order valence-corrected chi connectivity index (χ1v) is 12.8. The first kappa shape index (κ1) is 29.0. The zero-order valence-electron chi connectivity index (χ0n) is 22.2. The van der Waals surface area contributed by atoms with Crippen LogP contribution in [0.15, 0.2) is 48.9 Å². The summed E-state index contributed by atoms with van der Waals surface area (Å²) in [6, 6.07) is 8.50. The molecule has 202 valence electrons. The zero-order valence-corrected chi connectivity index (χ0v) is 22.2. The molecular weight excluding hydrogens is 489 g/mol. The van der Waals surface area contributed by atoms with E-state index in [1.807, 2.05) is 44.2 Å². The highest BCUT2D eigenvalue weighted by molar-refractivity contribution is 6.51. The number of nitrogens with one attached hydrogen (secondary N) is 1. The second-order valence-electron chi connectivity index (χ2n) is 10.0. The van der Waals surface area contributed by atoms with Crippen molar-refractivity contribution in [2.24, 2.45) is 5.92 Å². The number of carbonyl (C=O) groups is 4. The normalized spacial score (nSPS) is 16.7. The van der Waals surface area contributed by atoms with E-state index in [-0.39, 0.29) is 42.8 Å². The smallest absolute Gasteiger partial charge is 0.507 e. The van der Waals surface area contributed by atoms with Crippen LogP contribution in [0, 0.1) is 5.92 Å². The van der Waals surface area contributed by atoms with Crippen molar-refractivity contribution in [1.82, 2.24) is 15.3 Å². The predicted octanol–water partition coefficient (Wildman–Crippen LogP) is 2.97. The maximum absolute atomic E-state index is 13.6. The number of amides is 1. The Morgan fingerprint density at radius 3 is 2.47 bits per heavy atom. The third kappa shape index (κ3) is 8.76. The van der Waals surface area contributed by atoms with Gasteiger partial charge in [0.2, 0.25) is 0 Å². The molecule has 1 aromatic heterocycles. The molecule has 1 aliphatic heterocycles. The fourth-order valence-electron chi connectivity index (χ4n) is 4.28. The van der Waals surface area contributed by atoms with E-state index in [1.165, 1.54) is 18.6 Å². The largest absolute Gasteiger partial charge is 0.531 e. The minimum atomic E-state index is -1.09. The van der Waals surface area contributed by atoms with E-state index in [9.17, 15) is 19.2 Å². The Hall–Kier alpha value is -3.60. The lowest BCUT2D eigenvalue weighted by molar-refractivity contribution is -0.152. The highest BCUT2D eigenvalue weighted by atomic mass is 16.7.